The SMILES string of the molecule is [NH-]C(N)=O.[W]. The van der Waals surface area contributed by atoms with Gasteiger partial charge in [0.15, 0.2) is 0 Å². The Morgan fingerprint density at radius 2 is 1.80 bits per heavy atom. The van der Waals surface area contributed by atoms with Gasteiger partial charge in [-0.1, -0.05) is 0 Å². The van der Waals surface area contributed by atoms with Crippen LogP contribution in [0.4, 0.5) is 4.79 Å². The van der Waals surface area contributed by atoms with Crippen molar-refractivity contribution in [1.82, 2.24) is 0 Å². The van der Waals surface area contributed by atoms with E-state index in [1.807, 2.05) is 0 Å². The summed E-state index contributed by atoms with van der Waals surface area (Å²) in [5, 5.41) is 0. The predicted octanol–water partition coefficient (Wildman–Crippen LogP) is 0.115. The van der Waals surface area contributed by atoms with E-state index >= 15 is 0 Å². The van der Waals surface area contributed by atoms with Crippen LogP contribution in [0.2, 0.25) is 0 Å². The molecule has 0 aliphatic rings. The van der Waals surface area contributed by atoms with Crippen LogP contribution in [0.15, 0.2) is 0 Å². The van der Waals surface area contributed by atoms with E-state index in [4.69, 9.17) is 10.5 Å². The molecule has 0 atom stereocenters. The molecule has 0 fully saturated rings. The van der Waals surface area contributed by atoms with Gasteiger partial charge in [0.05, 0.1) is 0 Å². The van der Waals surface area contributed by atoms with Gasteiger partial charge in [-0.3, -0.25) is 4.79 Å². The van der Waals surface area contributed by atoms with Gasteiger partial charge in [0.1, 0.15) is 6.03 Å². The first-order valence-corrected chi connectivity index (χ1v) is 0.743. The van der Waals surface area contributed by atoms with Crippen LogP contribution >= 0.6 is 0 Å². The van der Waals surface area contributed by atoms with Crippen molar-refractivity contribution in [3.05, 3.63) is 5.73 Å². The number of nitrogens with two attached hydrogens (primary N) is 1. The number of carbonyl (C=O) groups excluding carboxylic acids is 1. The van der Waals surface area contributed by atoms with Crippen molar-refractivity contribution in [2.24, 2.45) is 5.73 Å². The Bertz CT molecular complexity index is 32.6. The molecule has 0 spiro atoms. The van der Waals surface area contributed by atoms with E-state index in [9.17, 15) is 0 Å². The number of nitrogens with one attached hydrogen (secondary N) is 1. The molecule has 0 heterocycles. The number of rotatable bonds is 0. The van der Waals surface area contributed by atoms with E-state index in [1.54, 1.807) is 0 Å². The third-order valence-corrected chi connectivity index (χ3v) is 0. The molecule has 3 N–H and O–H groups in total. The summed E-state index contributed by atoms with van der Waals surface area (Å²) in [7, 11) is 0. The summed E-state index contributed by atoms with van der Waals surface area (Å²) in [4.78, 5) is 8.89. The second-order valence-electron chi connectivity index (χ2n) is 0.364. The van der Waals surface area contributed by atoms with E-state index in [2.05, 4.69) is 5.73 Å². The Balaban J connectivity index is 0. The van der Waals surface area contributed by atoms with Crippen LogP contribution in [0, 0.1) is 0 Å². The monoisotopic (exact) mass is 243 g/mol. The number of primary amides is 1. The molecule has 0 aliphatic carbocycles. The van der Waals surface area contributed by atoms with Gasteiger partial charge in [0, 0.05) is 21.1 Å². The summed E-state index contributed by atoms with van der Waals surface area (Å²) in [6, 6.07) is -1.08. The molecule has 0 rings (SSSR count). The predicted molar refractivity (Wildman–Crippen MR) is 13.9 cm³/mol. The molecule has 0 radical (unpaired) electrons. The van der Waals surface area contributed by atoms with Crippen LogP contribution < -0.4 is 5.73 Å². The Hall–Kier alpha value is -0.0417. The Morgan fingerprint density at radius 1 is 1.80 bits per heavy atom. The van der Waals surface area contributed by atoms with Gasteiger partial charge in [0.25, 0.3) is 0 Å². The van der Waals surface area contributed by atoms with Crippen LogP contribution in [0.1, 0.15) is 0 Å². The van der Waals surface area contributed by atoms with Crippen molar-refractivity contribution >= 4 is 6.03 Å². The van der Waals surface area contributed by atoms with E-state index in [1.165, 1.54) is 0 Å². The zero-order valence-corrected chi connectivity index (χ0v) is 5.33. The maximum Gasteiger partial charge on any atom is 0.147 e. The molecule has 0 unspecified atom stereocenters. The largest absolute Gasteiger partial charge is 0.463 e. The number of amides is 2. The number of hydrogen-bond acceptors (Lipinski definition) is 1. The van der Waals surface area contributed by atoms with E-state index in [0.29, 0.717) is 0 Å². The number of carbonyl (C=O) groups is 1. The average Bonchev–Trinajstić information content (AvgIpc) is 0.811. The van der Waals surface area contributed by atoms with Crippen LogP contribution in [-0.4, -0.2) is 6.03 Å². The van der Waals surface area contributed by atoms with Crippen molar-refractivity contribution in [2.45, 2.75) is 0 Å². The fourth-order valence-electron chi connectivity index (χ4n) is 0. The minimum absolute atomic E-state index is 0. The van der Waals surface area contributed by atoms with Gasteiger partial charge in [0.2, 0.25) is 0 Å². The minimum Gasteiger partial charge on any atom is -0.463 e. The maximum atomic E-state index is 8.89. The van der Waals surface area contributed by atoms with Crippen molar-refractivity contribution < 1.29 is 25.9 Å². The first kappa shape index (κ1) is 8.88. The molecular weight excluding hydrogens is 240 g/mol. The molecule has 0 bridgehead atoms. The summed E-state index contributed by atoms with van der Waals surface area (Å²) < 4.78 is 0. The van der Waals surface area contributed by atoms with Gasteiger partial charge in [-0.25, -0.2) is 0 Å². The van der Waals surface area contributed by atoms with Crippen molar-refractivity contribution in [3.63, 3.8) is 0 Å². The molecule has 0 aromatic carbocycles. The van der Waals surface area contributed by atoms with E-state index in [-0.39, 0.29) is 21.1 Å². The molecule has 0 aromatic rings. The molecule has 3 nitrogen and oxygen atoms in total. The maximum absolute atomic E-state index is 8.89. The number of urea groups is 1. The zero-order valence-electron chi connectivity index (χ0n) is 2.39. The topological polar surface area (TPSA) is 66.9 Å². The molecule has 2 amide bonds. The van der Waals surface area contributed by atoms with Crippen molar-refractivity contribution in [2.75, 3.05) is 0 Å². The quantitative estimate of drug-likeness (QED) is 0.644. The summed E-state index contributed by atoms with van der Waals surface area (Å²) in [5.74, 6) is 0. The third-order valence-electron chi connectivity index (χ3n) is 0. The van der Waals surface area contributed by atoms with Gasteiger partial charge in [-0.05, 0) is 0 Å². The molecular formula is CH3N2OW-. The van der Waals surface area contributed by atoms with Gasteiger partial charge < -0.3 is 11.5 Å². The smallest absolute Gasteiger partial charge is 0.147 e. The van der Waals surface area contributed by atoms with Crippen molar-refractivity contribution in [3.8, 4) is 0 Å². The summed E-state index contributed by atoms with van der Waals surface area (Å²) in [6.07, 6.45) is 0. The normalized spacial score (nSPS) is 4.80. The molecule has 5 heavy (non-hydrogen) atoms. The molecule has 0 saturated heterocycles. The Morgan fingerprint density at radius 3 is 1.80 bits per heavy atom. The minimum atomic E-state index is -1.08. The van der Waals surface area contributed by atoms with Crippen LogP contribution in [0.5, 0.6) is 0 Å². The fraction of sp³-hybridized carbons (Fsp3) is 0. The third kappa shape index (κ3) is 8730. The molecule has 0 aliphatic heterocycles. The first-order valence-electron chi connectivity index (χ1n) is 0.743. The molecule has 0 aromatic heterocycles. The number of hydrogen-bond donors (Lipinski definition) is 1. The molecule has 0 saturated carbocycles. The van der Waals surface area contributed by atoms with Gasteiger partial charge >= 0.3 is 0 Å². The van der Waals surface area contributed by atoms with Crippen LogP contribution in [0.25, 0.3) is 5.73 Å². The Labute approximate surface area is 44.0 Å². The molecule has 4 heteroatoms. The van der Waals surface area contributed by atoms with Gasteiger partial charge in [-0.15, -0.1) is 0 Å². The van der Waals surface area contributed by atoms with Crippen LogP contribution in [0.3, 0.4) is 0 Å². The Kier molecular flexibility index (Phi) is 7.03. The standard InChI is InChI=1S/CH4N2O.W/c2-1(3)4;/h(H4,2,3,4);/p-1. The van der Waals surface area contributed by atoms with Crippen molar-refractivity contribution in [1.29, 1.82) is 0 Å². The first-order chi connectivity index (χ1) is 1.73. The van der Waals surface area contributed by atoms with E-state index < -0.39 is 6.03 Å². The summed E-state index contributed by atoms with van der Waals surface area (Å²) in [6.45, 7) is 0. The second kappa shape index (κ2) is 3.96. The molecule has 30 valence electrons. The van der Waals surface area contributed by atoms with Gasteiger partial charge in [-0.2, -0.15) is 0 Å². The second-order valence-corrected chi connectivity index (χ2v) is 0.364. The average molecular weight is 243 g/mol. The van der Waals surface area contributed by atoms with E-state index in [0.717, 1.165) is 0 Å². The summed E-state index contributed by atoms with van der Waals surface area (Å²) in [5.41, 5.74) is 9.86. The summed E-state index contributed by atoms with van der Waals surface area (Å²) >= 11 is 0. The zero-order chi connectivity index (χ0) is 3.58. The van der Waals surface area contributed by atoms with Crippen LogP contribution in [-0.2, 0) is 21.1 Å². The fourth-order valence-corrected chi connectivity index (χ4v) is 0.